The van der Waals surface area contributed by atoms with Gasteiger partial charge in [0.1, 0.15) is 16.6 Å². The van der Waals surface area contributed by atoms with E-state index in [1.165, 1.54) is 0 Å². The summed E-state index contributed by atoms with van der Waals surface area (Å²) in [6.45, 7) is 0. The van der Waals surface area contributed by atoms with Crippen molar-refractivity contribution in [3.63, 3.8) is 0 Å². The molecule has 4 aromatic rings. The van der Waals surface area contributed by atoms with Gasteiger partial charge in [-0.25, -0.2) is 4.98 Å². The number of hydrogen-bond donors (Lipinski definition) is 1. The molecule has 21 heavy (non-hydrogen) atoms. The molecule has 0 amide bonds. The van der Waals surface area contributed by atoms with Crippen LogP contribution in [0, 0.1) is 0 Å². The minimum Gasteiger partial charge on any atom is -0.336 e. The second-order valence-corrected chi connectivity index (χ2v) is 5.18. The lowest BCUT2D eigenvalue weighted by atomic mass is 10.2. The molecule has 0 radical (unpaired) electrons. The van der Waals surface area contributed by atoms with Crippen LogP contribution in [0.4, 0.5) is 11.4 Å². The molecule has 0 saturated carbocycles. The molecule has 0 bridgehead atoms. The predicted molar refractivity (Wildman–Crippen MR) is 78.3 cm³/mol. The fourth-order valence-electron chi connectivity index (χ4n) is 3.11. The lowest BCUT2D eigenvalue weighted by Gasteiger charge is -1.99. The fraction of sp³-hybridized carbons (Fsp3) is 0.0667. The summed E-state index contributed by atoms with van der Waals surface area (Å²) < 4.78 is 2.13. The molecule has 1 aliphatic rings. The summed E-state index contributed by atoms with van der Waals surface area (Å²) in [5.41, 5.74) is 7.78. The highest BCUT2D eigenvalue weighted by Crippen LogP contribution is 2.37. The number of fused-ring (bicyclic) bond motifs is 7. The van der Waals surface area contributed by atoms with Gasteiger partial charge >= 0.3 is 0 Å². The monoisotopic (exact) mass is 275 g/mol. The van der Waals surface area contributed by atoms with E-state index in [1.54, 1.807) is 12.4 Å². The second-order valence-electron chi connectivity index (χ2n) is 5.18. The van der Waals surface area contributed by atoms with Gasteiger partial charge in [-0.15, -0.1) is 10.2 Å². The van der Waals surface area contributed by atoms with Gasteiger partial charge in [-0.3, -0.25) is 10.3 Å². The molecule has 6 heteroatoms. The van der Waals surface area contributed by atoms with E-state index in [9.17, 15) is 0 Å². The number of nitrogens with two attached hydrogens (primary N) is 1. The highest BCUT2D eigenvalue weighted by molar-refractivity contribution is 6.08. The average molecular weight is 275 g/mol. The molecule has 0 atom stereocenters. The maximum Gasteiger partial charge on any atom is 0.191 e. The molecular formula is C15H11N6+. The van der Waals surface area contributed by atoms with E-state index in [-0.39, 0.29) is 0 Å². The number of quaternary nitrogens is 1. The third kappa shape index (κ3) is 1.25. The third-order valence-electron chi connectivity index (χ3n) is 4.06. The maximum atomic E-state index is 4.45. The maximum absolute atomic E-state index is 4.45. The van der Waals surface area contributed by atoms with Crippen LogP contribution in [-0.2, 0) is 7.05 Å². The van der Waals surface area contributed by atoms with Gasteiger partial charge in [0, 0.05) is 25.5 Å². The van der Waals surface area contributed by atoms with Crippen molar-refractivity contribution >= 4 is 33.4 Å². The summed E-state index contributed by atoms with van der Waals surface area (Å²) in [6, 6.07) is 7.98. The van der Waals surface area contributed by atoms with Crippen molar-refractivity contribution in [2.45, 2.75) is 0 Å². The fourth-order valence-corrected chi connectivity index (χ4v) is 3.11. The lowest BCUT2D eigenvalue weighted by Crippen LogP contribution is -2.69. The SMILES string of the molecule is Cn1c2cccnc2c2nnc3c(c21)[NH2+]c1cccnc1-3. The molecule has 5 heterocycles. The molecule has 2 N–H and O–H groups in total. The quantitative estimate of drug-likeness (QED) is 0.464. The molecule has 1 aliphatic heterocycles. The Morgan fingerprint density at radius 1 is 0.952 bits per heavy atom. The molecule has 0 aliphatic carbocycles. The Hall–Kier alpha value is -2.86. The van der Waals surface area contributed by atoms with Crippen LogP contribution in [0.5, 0.6) is 0 Å². The number of hydrogen-bond acceptors (Lipinski definition) is 4. The predicted octanol–water partition coefficient (Wildman–Crippen LogP) is 1.42. The van der Waals surface area contributed by atoms with Crippen LogP contribution in [0.2, 0.25) is 0 Å². The Bertz CT molecular complexity index is 1030. The summed E-state index contributed by atoms with van der Waals surface area (Å²) in [5.74, 6) is 0. The molecule has 4 aromatic heterocycles. The van der Waals surface area contributed by atoms with Crippen molar-refractivity contribution in [3.05, 3.63) is 36.7 Å². The number of pyridine rings is 2. The first-order valence-electron chi connectivity index (χ1n) is 6.74. The zero-order valence-electron chi connectivity index (χ0n) is 11.3. The first kappa shape index (κ1) is 10.9. The molecule has 6 nitrogen and oxygen atoms in total. The van der Waals surface area contributed by atoms with Crippen molar-refractivity contribution in [3.8, 4) is 11.4 Å². The van der Waals surface area contributed by atoms with Crippen LogP contribution in [0.25, 0.3) is 33.5 Å². The molecule has 100 valence electrons. The summed E-state index contributed by atoms with van der Waals surface area (Å²) >= 11 is 0. The van der Waals surface area contributed by atoms with Crippen molar-refractivity contribution in [1.82, 2.24) is 24.7 Å². The van der Waals surface area contributed by atoms with Gasteiger partial charge in [0.15, 0.2) is 22.8 Å². The van der Waals surface area contributed by atoms with Crippen molar-refractivity contribution in [2.24, 2.45) is 7.05 Å². The summed E-state index contributed by atoms with van der Waals surface area (Å²) in [5, 5.41) is 10.9. The van der Waals surface area contributed by atoms with Crippen LogP contribution < -0.4 is 5.32 Å². The van der Waals surface area contributed by atoms with Gasteiger partial charge in [0.05, 0.1) is 5.52 Å². The van der Waals surface area contributed by atoms with E-state index in [0.29, 0.717) is 0 Å². The minimum atomic E-state index is 0.843. The molecular weight excluding hydrogens is 264 g/mol. The molecule has 0 aromatic carbocycles. The molecule has 5 rings (SSSR count). The smallest absolute Gasteiger partial charge is 0.191 e. The van der Waals surface area contributed by atoms with E-state index < -0.39 is 0 Å². The third-order valence-corrected chi connectivity index (χ3v) is 4.06. The lowest BCUT2D eigenvalue weighted by molar-refractivity contribution is -0.471. The Kier molecular flexibility index (Phi) is 1.87. The van der Waals surface area contributed by atoms with Crippen LogP contribution in [-0.4, -0.2) is 24.7 Å². The molecule has 0 fully saturated rings. The standard InChI is InChI=1S/C15H10N6/c1-21-9-5-3-7-17-11(9)14-15(21)13-12(19-20-14)10-8(18-13)4-2-6-16-10/h2-7,18H,1H3/p+1. The van der Waals surface area contributed by atoms with E-state index in [2.05, 4.69) is 42.2 Å². The summed E-state index contributed by atoms with van der Waals surface area (Å²) in [7, 11) is 2.04. The van der Waals surface area contributed by atoms with Crippen molar-refractivity contribution < 1.29 is 5.32 Å². The average Bonchev–Trinajstić information content (AvgIpc) is 3.04. The summed E-state index contributed by atoms with van der Waals surface area (Å²) in [4.78, 5) is 8.88. The normalized spacial score (nSPS) is 12.8. The Labute approximate surface area is 119 Å². The number of aromatic nitrogens is 5. The van der Waals surface area contributed by atoms with Gasteiger partial charge < -0.3 is 4.57 Å². The van der Waals surface area contributed by atoms with E-state index in [0.717, 1.165) is 44.8 Å². The van der Waals surface area contributed by atoms with E-state index in [1.807, 2.05) is 19.2 Å². The topological polar surface area (TPSA) is 73.1 Å². The van der Waals surface area contributed by atoms with Gasteiger partial charge in [-0.1, -0.05) is 0 Å². The second kappa shape index (κ2) is 3.62. The van der Waals surface area contributed by atoms with Gasteiger partial charge in [0.25, 0.3) is 0 Å². The highest BCUT2D eigenvalue weighted by atomic mass is 15.2. The van der Waals surface area contributed by atoms with Crippen LogP contribution in [0.15, 0.2) is 36.7 Å². The van der Waals surface area contributed by atoms with E-state index in [4.69, 9.17) is 0 Å². The molecule has 0 spiro atoms. The zero-order chi connectivity index (χ0) is 14.0. The Morgan fingerprint density at radius 2 is 1.81 bits per heavy atom. The number of rotatable bonds is 0. The van der Waals surface area contributed by atoms with Gasteiger partial charge in [0.2, 0.25) is 0 Å². The first-order valence-corrected chi connectivity index (χ1v) is 6.74. The Balaban J connectivity index is 1.97. The van der Waals surface area contributed by atoms with Crippen molar-refractivity contribution in [2.75, 3.05) is 0 Å². The van der Waals surface area contributed by atoms with Gasteiger partial charge in [-0.2, -0.15) is 0 Å². The van der Waals surface area contributed by atoms with Crippen LogP contribution >= 0.6 is 0 Å². The number of aryl methyl sites for hydroxylation is 1. The zero-order valence-corrected chi connectivity index (χ0v) is 11.3. The van der Waals surface area contributed by atoms with Gasteiger partial charge in [-0.05, 0) is 18.2 Å². The van der Waals surface area contributed by atoms with Crippen molar-refractivity contribution in [1.29, 1.82) is 0 Å². The molecule has 0 unspecified atom stereocenters. The highest BCUT2D eigenvalue weighted by Gasteiger charge is 2.31. The van der Waals surface area contributed by atoms with Crippen LogP contribution in [0.3, 0.4) is 0 Å². The van der Waals surface area contributed by atoms with Crippen LogP contribution in [0.1, 0.15) is 0 Å². The first-order chi connectivity index (χ1) is 10.3. The largest absolute Gasteiger partial charge is 0.336 e. The Morgan fingerprint density at radius 3 is 2.76 bits per heavy atom. The summed E-state index contributed by atoms with van der Waals surface area (Å²) in [6.07, 6.45) is 3.58. The number of nitrogens with zero attached hydrogens (tertiary/aromatic N) is 5. The molecule has 0 saturated heterocycles. The van der Waals surface area contributed by atoms with E-state index >= 15 is 0 Å². The minimum absolute atomic E-state index is 0.843.